The van der Waals surface area contributed by atoms with Gasteiger partial charge in [-0.25, -0.2) is 14.4 Å². The van der Waals surface area contributed by atoms with Crippen molar-refractivity contribution in [3.8, 4) is 11.3 Å². The number of carbonyl (C=O) groups excluding carboxylic acids is 1. The average Bonchev–Trinajstić information content (AvgIpc) is 3.65. The van der Waals surface area contributed by atoms with E-state index in [4.69, 9.17) is 4.98 Å². The second kappa shape index (κ2) is 8.60. The smallest absolute Gasteiger partial charge is 0.257 e. The van der Waals surface area contributed by atoms with Gasteiger partial charge in [-0.3, -0.25) is 4.79 Å². The minimum atomic E-state index is -0.903. The van der Waals surface area contributed by atoms with E-state index in [1.807, 2.05) is 29.0 Å². The molecule has 10 heteroatoms. The molecule has 4 aromatic heterocycles. The Morgan fingerprint density at radius 3 is 2.80 bits per heavy atom. The highest BCUT2D eigenvalue weighted by molar-refractivity contribution is 6.01. The van der Waals surface area contributed by atoms with E-state index < -0.39 is 12.3 Å². The van der Waals surface area contributed by atoms with Gasteiger partial charge in [-0.05, 0) is 50.7 Å². The summed E-state index contributed by atoms with van der Waals surface area (Å²) >= 11 is 0. The molecule has 2 aliphatic carbocycles. The van der Waals surface area contributed by atoms with Crippen LogP contribution in [0.4, 0.5) is 10.2 Å². The van der Waals surface area contributed by atoms with E-state index in [-0.39, 0.29) is 18.0 Å². The van der Waals surface area contributed by atoms with E-state index in [2.05, 4.69) is 20.7 Å². The number of rotatable bonds is 5. The Bertz CT molecular complexity index is 1410. The van der Waals surface area contributed by atoms with Crippen LogP contribution >= 0.6 is 0 Å². The molecule has 182 valence electrons. The van der Waals surface area contributed by atoms with Gasteiger partial charge in [0.05, 0.1) is 30.1 Å². The lowest BCUT2D eigenvalue weighted by Crippen LogP contribution is -2.39. The molecule has 3 N–H and O–H groups in total. The number of halogens is 1. The van der Waals surface area contributed by atoms with Gasteiger partial charge in [-0.1, -0.05) is 0 Å². The van der Waals surface area contributed by atoms with Crippen LogP contribution in [0.2, 0.25) is 0 Å². The van der Waals surface area contributed by atoms with Gasteiger partial charge in [0.2, 0.25) is 0 Å². The first-order chi connectivity index (χ1) is 17.0. The summed E-state index contributed by atoms with van der Waals surface area (Å²) < 4.78 is 18.2. The minimum absolute atomic E-state index is 0.247. The third-order valence-corrected chi connectivity index (χ3v) is 7.39. The van der Waals surface area contributed by atoms with Crippen molar-refractivity contribution in [3.63, 3.8) is 0 Å². The molecule has 0 spiro atoms. The molecule has 2 fully saturated rings. The second-order valence-electron chi connectivity index (χ2n) is 9.49. The number of alkyl halides is 1. The number of hydrogen-bond acceptors (Lipinski definition) is 6. The summed E-state index contributed by atoms with van der Waals surface area (Å²) in [6.45, 7) is 0. The number of pyridine rings is 1. The lowest BCUT2D eigenvalue weighted by atomic mass is 10.1. The minimum Gasteiger partial charge on any atom is -0.391 e. The molecule has 6 rings (SSSR count). The summed E-state index contributed by atoms with van der Waals surface area (Å²) in [6, 6.07) is 5.18. The molecule has 0 bridgehead atoms. The molecular weight excluding hydrogens is 449 g/mol. The van der Waals surface area contributed by atoms with Crippen LogP contribution in [0.5, 0.6) is 0 Å². The Hall–Kier alpha value is -3.53. The molecule has 0 aliphatic heterocycles. The van der Waals surface area contributed by atoms with Crippen LogP contribution in [0.1, 0.15) is 54.9 Å². The molecular formula is C25H28FN7O2. The number of amides is 1. The lowest BCUT2D eigenvalue weighted by molar-refractivity contribution is 0.0874. The van der Waals surface area contributed by atoms with Gasteiger partial charge in [0.25, 0.3) is 5.91 Å². The van der Waals surface area contributed by atoms with Gasteiger partial charge < -0.3 is 20.3 Å². The van der Waals surface area contributed by atoms with Crippen molar-refractivity contribution >= 4 is 28.4 Å². The standard InChI is InChI=1S/C25H28FN7O2/c1-27-22-11-19(16-13-32(20-8-2-6-17(20)26)23-14(16)5-4-10-28-23)30-24-15(12-29-33(22)24)25(35)31-18-7-3-9-21(18)34/h4-5,10-13,17-18,20-21,27,34H,2-3,6-9H2,1H3,(H,31,35)/t17-,18-,20+,21+/m1/s1. The number of aromatic nitrogens is 5. The third kappa shape index (κ3) is 3.63. The van der Waals surface area contributed by atoms with Gasteiger partial charge in [0, 0.05) is 36.5 Å². The highest BCUT2D eigenvalue weighted by Gasteiger charge is 2.31. The molecule has 0 radical (unpaired) electrons. The van der Waals surface area contributed by atoms with E-state index in [0.717, 1.165) is 42.3 Å². The van der Waals surface area contributed by atoms with Gasteiger partial charge in [0.15, 0.2) is 5.65 Å². The number of aliphatic hydroxyl groups excluding tert-OH is 1. The SMILES string of the molecule is CNc1cc(-c2cn([C@H]3CCC[C@H]3F)c3ncccc23)nc2c(C(=O)N[C@@H]3CCC[C@@H]3O)cnn12. The largest absolute Gasteiger partial charge is 0.391 e. The van der Waals surface area contributed by atoms with Crippen LogP contribution in [0.15, 0.2) is 36.8 Å². The Balaban J connectivity index is 1.47. The summed E-state index contributed by atoms with van der Waals surface area (Å²) in [4.78, 5) is 22.5. The fraction of sp³-hybridized carbons (Fsp3) is 0.440. The van der Waals surface area contributed by atoms with Crippen molar-refractivity contribution < 1.29 is 14.3 Å². The van der Waals surface area contributed by atoms with Gasteiger partial charge in [-0.2, -0.15) is 9.61 Å². The average molecular weight is 478 g/mol. The number of aliphatic hydroxyl groups is 1. The van der Waals surface area contributed by atoms with E-state index in [1.165, 1.54) is 6.20 Å². The van der Waals surface area contributed by atoms with Crippen molar-refractivity contribution in [3.05, 3.63) is 42.4 Å². The first kappa shape index (κ1) is 22.0. The zero-order valence-electron chi connectivity index (χ0n) is 19.5. The van der Waals surface area contributed by atoms with Crippen molar-refractivity contribution in [1.29, 1.82) is 0 Å². The number of anilines is 1. The lowest BCUT2D eigenvalue weighted by Gasteiger charge is -2.16. The molecule has 9 nitrogen and oxygen atoms in total. The predicted octanol–water partition coefficient (Wildman–Crippen LogP) is 3.49. The number of fused-ring (bicyclic) bond motifs is 2. The highest BCUT2D eigenvalue weighted by atomic mass is 19.1. The maximum Gasteiger partial charge on any atom is 0.257 e. The fourth-order valence-electron chi connectivity index (χ4n) is 5.54. The first-order valence-corrected chi connectivity index (χ1v) is 12.2. The zero-order chi connectivity index (χ0) is 24.1. The van der Waals surface area contributed by atoms with Crippen LogP contribution in [0.25, 0.3) is 27.9 Å². The summed E-state index contributed by atoms with van der Waals surface area (Å²) in [6.07, 6.45) is 8.21. The Morgan fingerprint density at radius 2 is 2.06 bits per heavy atom. The first-order valence-electron chi connectivity index (χ1n) is 12.2. The molecule has 0 aromatic carbocycles. The van der Waals surface area contributed by atoms with Crippen molar-refractivity contribution in [2.75, 3.05) is 12.4 Å². The summed E-state index contributed by atoms with van der Waals surface area (Å²) in [5.74, 6) is 0.354. The molecule has 4 atom stereocenters. The summed E-state index contributed by atoms with van der Waals surface area (Å²) in [5.41, 5.74) is 2.94. The number of nitrogens with one attached hydrogen (secondary N) is 2. The molecule has 0 saturated heterocycles. The Kier molecular flexibility index (Phi) is 5.40. The molecule has 2 aliphatic rings. The van der Waals surface area contributed by atoms with Crippen LogP contribution in [-0.2, 0) is 0 Å². The van der Waals surface area contributed by atoms with E-state index >= 15 is 0 Å². The molecule has 35 heavy (non-hydrogen) atoms. The molecule has 2 saturated carbocycles. The van der Waals surface area contributed by atoms with Gasteiger partial charge in [0.1, 0.15) is 23.2 Å². The maximum atomic E-state index is 14.7. The molecule has 4 aromatic rings. The molecule has 4 heterocycles. The summed E-state index contributed by atoms with van der Waals surface area (Å²) in [7, 11) is 1.78. The van der Waals surface area contributed by atoms with Gasteiger partial charge >= 0.3 is 0 Å². The highest BCUT2D eigenvalue weighted by Crippen LogP contribution is 2.38. The predicted molar refractivity (Wildman–Crippen MR) is 130 cm³/mol. The monoisotopic (exact) mass is 477 g/mol. The number of hydrogen-bond donors (Lipinski definition) is 3. The summed E-state index contributed by atoms with van der Waals surface area (Å²) in [5, 5.41) is 21.5. The molecule has 1 amide bonds. The van der Waals surface area contributed by atoms with Gasteiger partial charge in [-0.15, -0.1) is 0 Å². The third-order valence-electron chi connectivity index (χ3n) is 7.39. The second-order valence-corrected chi connectivity index (χ2v) is 9.49. The van der Waals surface area contributed by atoms with Crippen molar-refractivity contribution in [2.45, 2.75) is 62.9 Å². The number of carbonyl (C=O) groups is 1. The number of nitrogens with zero attached hydrogens (tertiary/aromatic N) is 5. The van der Waals surface area contributed by atoms with E-state index in [0.29, 0.717) is 35.6 Å². The maximum absolute atomic E-state index is 14.7. The van der Waals surface area contributed by atoms with Crippen molar-refractivity contribution in [1.82, 2.24) is 29.5 Å². The van der Waals surface area contributed by atoms with Crippen LogP contribution in [0.3, 0.4) is 0 Å². The topological polar surface area (TPSA) is 109 Å². The van der Waals surface area contributed by atoms with Crippen LogP contribution in [-0.4, -0.2) is 60.5 Å². The fourth-order valence-corrected chi connectivity index (χ4v) is 5.54. The van der Waals surface area contributed by atoms with Crippen LogP contribution in [0, 0.1) is 0 Å². The molecule has 0 unspecified atom stereocenters. The van der Waals surface area contributed by atoms with Crippen LogP contribution < -0.4 is 10.6 Å². The van der Waals surface area contributed by atoms with E-state index in [1.54, 1.807) is 17.8 Å². The normalized spacial score (nSPS) is 24.4. The van der Waals surface area contributed by atoms with Crippen molar-refractivity contribution in [2.24, 2.45) is 0 Å². The van der Waals surface area contributed by atoms with E-state index in [9.17, 15) is 14.3 Å². The zero-order valence-corrected chi connectivity index (χ0v) is 19.5. The Morgan fingerprint density at radius 1 is 1.20 bits per heavy atom. The quantitative estimate of drug-likeness (QED) is 0.406. The Labute approximate surface area is 201 Å².